The lowest BCUT2D eigenvalue weighted by Gasteiger charge is -2.20. The third kappa shape index (κ3) is 5.57. The van der Waals surface area contributed by atoms with Crippen LogP contribution in [0.2, 0.25) is 0 Å². The Morgan fingerprint density at radius 1 is 1.09 bits per heavy atom. The highest BCUT2D eigenvalue weighted by atomic mass is 32.2. The molecule has 1 aromatic heterocycles. The Morgan fingerprint density at radius 3 is 2.54 bits per heavy atom. The van der Waals surface area contributed by atoms with Crippen LogP contribution in [0.15, 0.2) is 59.8 Å². The average molecular weight is 501 g/mol. The number of pyridine rings is 1. The van der Waals surface area contributed by atoms with E-state index in [2.05, 4.69) is 4.98 Å². The lowest BCUT2D eigenvalue weighted by atomic mass is 9.97. The molecule has 1 unspecified atom stereocenters. The summed E-state index contributed by atoms with van der Waals surface area (Å²) < 4.78 is 57.6. The fraction of sp³-hybridized carbons (Fsp3) is 0.308. The number of nitrogens with zero attached hydrogens (tertiary/aromatic N) is 2. The van der Waals surface area contributed by atoms with Gasteiger partial charge in [0, 0.05) is 49.5 Å². The van der Waals surface area contributed by atoms with Crippen LogP contribution in [0.5, 0.6) is 0 Å². The topological polar surface area (TPSA) is 76.6 Å². The van der Waals surface area contributed by atoms with E-state index in [0.29, 0.717) is 29.7 Å². The van der Waals surface area contributed by atoms with Crippen LogP contribution in [0, 0.1) is 18.6 Å². The Kier molecular flexibility index (Phi) is 7.28. The van der Waals surface area contributed by atoms with Crippen molar-refractivity contribution < 1.29 is 26.2 Å². The fourth-order valence-corrected chi connectivity index (χ4v) is 5.30. The molecule has 2 heterocycles. The molecule has 3 aromatic rings. The predicted molar refractivity (Wildman–Crippen MR) is 127 cm³/mol. The number of aromatic nitrogens is 1. The lowest BCUT2D eigenvalue weighted by molar-refractivity contribution is -0.128. The largest absolute Gasteiger partial charge is 0.338 e. The van der Waals surface area contributed by atoms with Gasteiger partial charge in [0.25, 0.3) is 10.1 Å². The van der Waals surface area contributed by atoms with Gasteiger partial charge in [0.2, 0.25) is 5.91 Å². The van der Waals surface area contributed by atoms with Crippen LogP contribution in [-0.4, -0.2) is 37.4 Å². The molecule has 1 aliphatic heterocycles. The normalized spacial score (nSPS) is 16.2. The Labute approximate surface area is 203 Å². The summed E-state index contributed by atoms with van der Waals surface area (Å²) in [6.07, 6.45) is 3.97. The summed E-state index contributed by atoms with van der Waals surface area (Å²) in [5.41, 5.74) is 3.45. The highest BCUT2D eigenvalue weighted by Gasteiger charge is 2.31. The molecule has 6 nitrogen and oxygen atoms in total. The molecular formula is C26H26F2N2O4S. The molecule has 0 spiro atoms. The number of hydrogen-bond donors (Lipinski definition) is 0. The molecule has 1 atom stereocenters. The van der Waals surface area contributed by atoms with E-state index in [4.69, 9.17) is 4.18 Å². The van der Waals surface area contributed by atoms with Gasteiger partial charge in [-0.05, 0) is 65.9 Å². The minimum Gasteiger partial charge on any atom is -0.338 e. The number of amides is 1. The summed E-state index contributed by atoms with van der Waals surface area (Å²) in [7, 11) is -3.90. The minimum atomic E-state index is -3.90. The molecule has 1 fully saturated rings. The van der Waals surface area contributed by atoms with Gasteiger partial charge in [-0.1, -0.05) is 13.0 Å². The van der Waals surface area contributed by atoms with Crippen molar-refractivity contribution in [2.75, 3.05) is 13.2 Å². The zero-order chi connectivity index (χ0) is 25.2. The van der Waals surface area contributed by atoms with Gasteiger partial charge in [-0.3, -0.25) is 14.0 Å². The maximum Gasteiger partial charge on any atom is 0.296 e. The second kappa shape index (κ2) is 10.2. The molecule has 0 saturated carbocycles. The van der Waals surface area contributed by atoms with Crippen LogP contribution >= 0.6 is 0 Å². The van der Waals surface area contributed by atoms with Crippen LogP contribution in [-0.2, 0) is 25.6 Å². The van der Waals surface area contributed by atoms with Gasteiger partial charge in [0.05, 0.1) is 11.5 Å². The van der Waals surface area contributed by atoms with Gasteiger partial charge < -0.3 is 4.90 Å². The van der Waals surface area contributed by atoms with E-state index in [1.165, 1.54) is 18.2 Å². The Balaban J connectivity index is 1.62. The van der Waals surface area contributed by atoms with E-state index in [9.17, 15) is 22.0 Å². The van der Waals surface area contributed by atoms with E-state index >= 15 is 0 Å². The summed E-state index contributed by atoms with van der Waals surface area (Å²) in [4.78, 5) is 18.7. The molecule has 184 valence electrons. The maximum absolute atomic E-state index is 13.7. The molecule has 1 aliphatic rings. The lowest BCUT2D eigenvalue weighted by Crippen LogP contribution is -2.24. The highest BCUT2D eigenvalue weighted by Crippen LogP contribution is 2.33. The summed E-state index contributed by atoms with van der Waals surface area (Å²) in [6.45, 7) is 4.37. The Hall–Kier alpha value is -3.17. The zero-order valence-corrected chi connectivity index (χ0v) is 20.3. The van der Waals surface area contributed by atoms with Crippen LogP contribution < -0.4 is 0 Å². The zero-order valence-electron chi connectivity index (χ0n) is 19.5. The van der Waals surface area contributed by atoms with E-state index in [-0.39, 0.29) is 36.3 Å². The van der Waals surface area contributed by atoms with E-state index in [0.717, 1.165) is 17.2 Å². The summed E-state index contributed by atoms with van der Waals surface area (Å²) in [6, 6.07) is 9.90. The molecule has 35 heavy (non-hydrogen) atoms. The molecule has 0 radical (unpaired) electrons. The van der Waals surface area contributed by atoms with Crippen molar-refractivity contribution in [1.82, 2.24) is 9.88 Å². The van der Waals surface area contributed by atoms with Crippen molar-refractivity contribution in [3.05, 3.63) is 83.2 Å². The minimum absolute atomic E-state index is 0.0480. The molecule has 1 amide bonds. The average Bonchev–Trinajstić information content (AvgIpc) is 3.18. The molecule has 4 rings (SSSR count). The van der Waals surface area contributed by atoms with Gasteiger partial charge in [-0.15, -0.1) is 0 Å². The van der Waals surface area contributed by atoms with Gasteiger partial charge in [0.15, 0.2) is 0 Å². The third-order valence-corrected chi connectivity index (χ3v) is 7.38. The first kappa shape index (κ1) is 24.9. The van der Waals surface area contributed by atoms with E-state index in [1.807, 2.05) is 13.8 Å². The van der Waals surface area contributed by atoms with Crippen molar-refractivity contribution in [3.63, 3.8) is 0 Å². The first-order valence-electron chi connectivity index (χ1n) is 11.3. The quantitative estimate of drug-likeness (QED) is 0.409. The van der Waals surface area contributed by atoms with Crippen LogP contribution in [0.1, 0.15) is 42.4 Å². The summed E-state index contributed by atoms with van der Waals surface area (Å²) >= 11 is 0. The highest BCUT2D eigenvalue weighted by molar-refractivity contribution is 7.86. The maximum atomic E-state index is 13.7. The van der Waals surface area contributed by atoms with Crippen LogP contribution in [0.4, 0.5) is 8.78 Å². The molecule has 9 heteroatoms. The van der Waals surface area contributed by atoms with Gasteiger partial charge in [-0.25, -0.2) is 8.78 Å². The second-order valence-corrected chi connectivity index (χ2v) is 10.3. The first-order valence-corrected chi connectivity index (χ1v) is 12.8. The molecule has 1 saturated heterocycles. The number of carbonyl (C=O) groups is 1. The van der Waals surface area contributed by atoms with E-state index < -0.39 is 21.8 Å². The van der Waals surface area contributed by atoms with Gasteiger partial charge in [-0.2, -0.15) is 8.42 Å². The smallest absolute Gasteiger partial charge is 0.296 e. The number of halogens is 2. The number of carbonyl (C=O) groups excluding carboxylic acids is 1. The molecule has 0 aliphatic carbocycles. The standard InChI is InChI=1S/C26H26F2N2O4S/c1-3-8-34-35(32,33)23-5-4-17(2)24(13-23)25-14-29-7-6-18(25)15-30-16-20(11-26(30)31)19-9-21(27)12-22(28)10-19/h4-7,9-10,12-14,20H,3,8,11,15-16H2,1-2H3. The number of benzene rings is 2. The van der Waals surface area contributed by atoms with Crippen LogP contribution in [0.3, 0.4) is 0 Å². The summed E-state index contributed by atoms with van der Waals surface area (Å²) in [5.74, 6) is -1.78. The first-order chi connectivity index (χ1) is 16.7. The molecule has 0 N–H and O–H groups in total. The van der Waals surface area contributed by atoms with Gasteiger partial charge >= 0.3 is 0 Å². The van der Waals surface area contributed by atoms with Crippen LogP contribution in [0.25, 0.3) is 11.1 Å². The number of likely N-dealkylation sites (tertiary alicyclic amines) is 1. The molecular weight excluding hydrogens is 474 g/mol. The third-order valence-electron chi connectivity index (χ3n) is 6.07. The monoisotopic (exact) mass is 500 g/mol. The van der Waals surface area contributed by atoms with Crippen molar-refractivity contribution in [2.45, 2.75) is 44.0 Å². The molecule has 0 bridgehead atoms. The molecule has 2 aromatic carbocycles. The summed E-state index contributed by atoms with van der Waals surface area (Å²) in [5, 5.41) is 0. The predicted octanol–water partition coefficient (Wildman–Crippen LogP) is 4.97. The Bertz CT molecular complexity index is 1340. The second-order valence-electron chi connectivity index (χ2n) is 8.66. The SMILES string of the molecule is CCCOS(=O)(=O)c1ccc(C)c(-c2cnccc2CN2CC(c3cc(F)cc(F)c3)CC2=O)c1. The van der Waals surface area contributed by atoms with Crippen molar-refractivity contribution in [1.29, 1.82) is 0 Å². The number of aryl methyl sites for hydroxylation is 1. The van der Waals surface area contributed by atoms with Gasteiger partial charge in [0.1, 0.15) is 11.6 Å². The number of rotatable bonds is 8. The van der Waals surface area contributed by atoms with Crippen molar-refractivity contribution in [3.8, 4) is 11.1 Å². The fourth-order valence-electron chi connectivity index (χ4n) is 4.28. The van der Waals surface area contributed by atoms with E-state index in [1.54, 1.807) is 35.5 Å². The van der Waals surface area contributed by atoms with Crippen molar-refractivity contribution in [2.24, 2.45) is 0 Å². The Morgan fingerprint density at radius 2 is 1.83 bits per heavy atom. The van der Waals surface area contributed by atoms with Crippen molar-refractivity contribution >= 4 is 16.0 Å². The number of hydrogen-bond acceptors (Lipinski definition) is 5.